The zero-order chi connectivity index (χ0) is 19.2. The zero-order valence-corrected chi connectivity index (χ0v) is 16.1. The number of carbonyl (C=O) groups excluding carboxylic acids is 1. The number of aromatic nitrogens is 4. The molecule has 0 saturated carbocycles. The average molecular weight is 373 g/mol. The van der Waals surface area contributed by atoms with Crippen molar-refractivity contribution in [2.45, 2.75) is 45.2 Å². The highest BCUT2D eigenvalue weighted by Gasteiger charge is 2.34. The molecule has 2 aromatic rings. The van der Waals surface area contributed by atoms with Gasteiger partial charge in [0.2, 0.25) is 11.7 Å². The van der Waals surface area contributed by atoms with E-state index in [1.807, 2.05) is 28.9 Å². The Morgan fingerprint density at radius 2 is 2.04 bits per heavy atom. The van der Waals surface area contributed by atoms with Crippen LogP contribution in [0.2, 0.25) is 0 Å². The van der Waals surface area contributed by atoms with Gasteiger partial charge in [0.05, 0.1) is 26.7 Å². The summed E-state index contributed by atoms with van der Waals surface area (Å²) >= 11 is 0. The molecule has 0 bridgehead atoms. The first-order chi connectivity index (χ1) is 13.1. The molecule has 1 saturated heterocycles. The van der Waals surface area contributed by atoms with Gasteiger partial charge >= 0.3 is 0 Å². The number of hydrogen-bond donors (Lipinski definition) is 2. The number of nitrogens with zero attached hydrogens (tertiary/aromatic N) is 4. The molecule has 2 heterocycles. The number of likely N-dealkylation sites (tertiary alicyclic amines) is 1. The minimum absolute atomic E-state index is 0.00585. The number of nitrogens with two attached hydrogens (primary N) is 1. The lowest BCUT2D eigenvalue weighted by Crippen LogP contribution is -3.13. The fourth-order valence-electron chi connectivity index (χ4n) is 3.90. The molecule has 1 aliphatic heterocycles. The lowest BCUT2D eigenvalue weighted by molar-refractivity contribution is -0.938. The van der Waals surface area contributed by atoms with Gasteiger partial charge in [0.1, 0.15) is 11.8 Å². The van der Waals surface area contributed by atoms with Gasteiger partial charge in [-0.1, -0.05) is 25.5 Å². The molecule has 0 spiro atoms. The molecule has 3 rings (SSSR count). The minimum atomic E-state index is -0.176. The molecule has 1 amide bonds. The van der Waals surface area contributed by atoms with Crippen LogP contribution in [0.5, 0.6) is 5.75 Å². The Kier molecular flexibility index (Phi) is 6.39. The predicted molar refractivity (Wildman–Crippen MR) is 100 cm³/mol. The topological polar surface area (TPSA) is 100 Å². The van der Waals surface area contributed by atoms with E-state index in [1.54, 1.807) is 7.11 Å². The predicted octanol–water partition coefficient (Wildman–Crippen LogP) is 0.351. The molecule has 0 unspecified atom stereocenters. The lowest BCUT2D eigenvalue weighted by atomic mass is 9.94. The maximum Gasteiger partial charge on any atom is 0.220 e. The Bertz CT molecular complexity index is 737. The summed E-state index contributed by atoms with van der Waals surface area (Å²) in [5.74, 6) is 1.58. The van der Waals surface area contributed by atoms with Gasteiger partial charge in [-0.2, -0.15) is 0 Å². The van der Waals surface area contributed by atoms with Crippen molar-refractivity contribution in [1.82, 2.24) is 20.2 Å². The molecule has 8 heteroatoms. The Morgan fingerprint density at radius 3 is 2.63 bits per heavy atom. The summed E-state index contributed by atoms with van der Waals surface area (Å²) in [5.41, 5.74) is 6.61. The molecule has 146 valence electrons. The summed E-state index contributed by atoms with van der Waals surface area (Å²) in [5, 5.41) is 12.5. The molecular formula is C19H29N6O2+. The summed E-state index contributed by atoms with van der Waals surface area (Å²) in [6, 6.07) is 8.19. The van der Waals surface area contributed by atoms with Crippen LogP contribution in [0, 0.1) is 5.92 Å². The SMILES string of the molecule is CCC[C@H](c1nnnn1Cc1ccc(OC)cc1)[NH+]1CCC(C(N)=O)CC1. The molecule has 8 nitrogen and oxygen atoms in total. The number of tetrazole rings is 1. The number of quaternary nitrogens is 1. The normalized spacial score (nSPS) is 21.0. The first-order valence-electron chi connectivity index (χ1n) is 9.65. The number of rotatable bonds is 8. The molecular weight excluding hydrogens is 344 g/mol. The van der Waals surface area contributed by atoms with Crippen LogP contribution in [-0.2, 0) is 11.3 Å². The van der Waals surface area contributed by atoms with Crippen LogP contribution in [-0.4, -0.2) is 46.3 Å². The standard InChI is InChI=1S/C19H28N6O2/c1-3-4-17(24-11-9-15(10-12-24)18(20)26)19-21-22-23-25(19)13-14-5-7-16(27-2)8-6-14/h5-8,15,17H,3-4,9-13H2,1-2H3,(H2,20,26)/p+1/t17-/m1/s1. The number of nitrogens with one attached hydrogen (secondary N) is 1. The average Bonchev–Trinajstić information content (AvgIpc) is 3.14. The number of carbonyl (C=O) groups is 1. The number of benzene rings is 1. The summed E-state index contributed by atoms with van der Waals surface area (Å²) in [4.78, 5) is 12.9. The molecule has 1 aromatic carbocycles. The number of ether oxygens (including phenoxy) is 1. The number of piperidine rings is 1. The van der Waals surface area contributed by atoms with E-state index in [0.717, 1.165) is 55.9 Å². The minimum Gasteiger partial charge on any atom is -0.497 e. The second kappa shape index (κ2) is 8.94. The van der Waals surface area contributed by atoms with E-state index in [1.165, 1.54) is 4.90 Å². The van der Waals surface area contributed by atoms with Gasteiger partial charge in [-0.05, 0) is 28.1 Å². The number of primary amides is 1. The Morgan fingerprint density at radius 1 is 1.33 bits per heavy atom. The van der Waals surface area contributed by atoms with E-state index in [0.29, 0.717) is 6.54 Å². The van der Waals surface area contributed by atoms with Gasteiger partial charge in [0, 0.05) is 25.2 Å². The van der Waals surface area contributed by atoms with E-state index in [2.05, 4.69) is 22.4 Å². The second-order valence-electron chi connectivity index (χ2n) is 7.22. The zero-order valence-electron chi connectivity index (χ0n) is 16.1. The van der Waals surface area contributed by atoms with Crippen molar-refractivity contribution in [3.05, 3.63) is 35.7 Å². The second-order valence-corrected chi connectivity index (χ2v) is 7.22. The molecule has 1 fully saturated rings. The van der Waals surface area contributed by atoms with E-state index < -0.39 is 0 Å². The molecule has 0 radical (unpaired) electrons. The first-order valence-corrected chi connectivity index (χ1v) is 9.65. The molecule has 0 aliphatic carbocycles. The van der Waals surface area contributed by atoms with Crippen molar-refractivity contribution < 1.29 is 14.4 Å². The summed E-state index contributed by atoms with van der Waals surface area (Å²) in [6.45, 7) is 4.66. The Labute approximate surface area is 159 Å². The largest absolute Gasteiger partial charge is 0.497 e. The molecule has 1 atom stereocenters. The molecule has 27 heavy (non-hydrogen) atoms. The highest BCUT2D eigenvalue weighted by molar-refractivity contribution is 5.76. The van der Waals surface area contributed by atoms with Crippen LogP contribution in [0.3, 0.4) is 0 Å². The van der Waals surface area contributed by atoms with Crippen LogP contribution < -0.4 is 15.4 Å². The molecule has 1 aromatic heterocycles. The number of methoxy groups -OCH3 is 1. The Balaban J connectivity index is 1.74. The first kappa shape index (κ1) is 19.3. The fraction of sp³-hybridized carbons (Fsp3) is 0.579. The number of amides is 1. The summed E-state index contributed by atoms with van der Waals surface area (Å²) in [7, 11) is 1.66. The molecule has 3 N–H and O–H groups in total. The summed E-state index contributed by atoms with van der Waals surface area (Å²) in [6.07, 6.45) is 3.75. The Hall–Kier alpha value is -2.48. The maximum absolute atomic E-state index is 11.5. The monoisotopic (exact) mass is 373 g/mol. The fourth-order valence-corrected chi connectivity index (χ4v) is 3.90. The smallest absolute Gasteiger partial charge is 0.220 e. The van der Waals surface area contributed by atoms with Crippen molar-refractivity contribution in [1.29, 1.82) is 0 Å². The van der Waals surface area contributed by atoms with E-state index in [9.17, 15) is 4.79 Å². The third kappa shape index (κ3) is 4.63. The molecule has 1 aliphatic rings. The van der Waals surface area contributed by atoms with Crippen molar-refractivity contribution in [3.63, 3.8) is 0 Å². The van der Waals surface area contributed by atoms with Crippen molar-refractivity contribution in [2.24, 2.45) is 11.7 Å². The number of hydrogen-bond acceptors (Lipinski definition) is 5. The van der Waals surface area contributed by atoms with Crippen LogP contribution in [0.15, 0.2) is 24.3 Å². The van der Waals surface area contributed by atoms with E-state index in [-0.39, 0.29) is 17.9 Å². The van der Waals surface area contributed by atoms with Crippen LogP contribution >= 0.6 is 0 Å². The quantitative estimate of drug-likeness (QED) is 0.695. The van der Waals surface area contributed by atoms with Crippen LogP contribution in [0.4, 0.5) is 0 Å². The van der Waals surface area contributed by atoms with Gasteiger partial charge in [-0.25, -0.2) is 4.68 Å². The van der Waals surface area contributed by atoms with Gasteiger partial charge in [0.15, 0.2) is 0 Å². The van der Waals surface area contributed by atoms with Gasteiger partial charge < -0.3 is 15.4 Å². The maximum atomic E-state index is 11.5. The highest BCUT2D eigenvalue weighted by Crippen LogP contribution is 2.18. The van der Waals surface area contributed by atoms with Crippen LogP contribution in [0.1, 0.15) is 50.0 Å². The lowest BCUT2D eigenvalue weighted by Gasteiger charge is -2.33. The summed E-state index contributed by atoms with van der Waals surface area (Å²) < 4.78 is 7.12. The van der Waals surface area contributed by atoms with Crippen LogP contribution in [0.25, 0.3) is 0 Å². The third-order valence-electron chi connectivity index (χ3n) is 5.46. The van der Waals surface area contributed by atoms with Crippen molar-refractivity contribution in [3.8, 4) is 5.75 Å². The van der Waals surface area contributed by atoms with Crippen molar-refractivity contribution in [2.75, 3.05) is 20.2 Å². The van der Waals surface area contributed by atoms with Crippen molar-refractivity contribution >= 4 is 5.91 Å². The van der Waals surface area contributed by atoms with E-state index >= 15 is 0 Å². The van der Waals surface area contributed by atoms with Gasteiger partial charge in [-0.15, -0.1) is 5.10 Å². The highest BCUT2D eigenvalue weighted by atomic mass is 16.5. The third-order valence-corrected chi connectivity index (χ3v) is 5.46. The van der Waals surface area contributed by atoms with E-state index in [4.69, 9.17) is 10.5 Å². The van der Waals surface area contributed by atoms with Gasteiger partial charge in [0.25, 0.3) is 0 Å². The van der Waals surface area contributed by atoms with Gasteiger partial charge in [-0.3, -0.25) is 4.79 Å².